The Balaban J connectivity index is 1.21. The number of aromatic nitrogens is 3. The molecule has 3 heterocycles. The molecule has 0 radical (unpaired) electrons. The fourth-order valence-corrected chi connectivity index (χ4v) is 10.6. The molecule has 0 aliphatic carbocycles. The summed E-state index contributed by atoms with van der Waals surface area (Å²) in [5.41, 5.74) is 9.71. The van der Waals surface area contributed by atoms with E-state index < -0.39 is 0 Å². The van der Waals surface area contributed by atoms with Crippen molar-refractivity contribution in [2.24, 2.45) is 0 Å². The van der Waals surface area contributed by atoms with E-state index >= 15 is 0 Å². The molecule has 0 saturated heterocycles. The van der Waals surface area contributed by atoms with Gasteiger partial charge < -0.3 is 4.42 Å². The first-order valence-corrected chi connectivity index (χ1v) is 21.8. The number of rotatable bonds is 4. The Hall–Kier alpha value is -8.60. The molecular formula is C60H35N3O. The second-order valence-corrected chi connectivity index (χ2v) is 16.8. The molecule has 64 heavy (non-hydrogen) atoms. The lowest BCUT2D eigenvalue weighted by atomic mass is 9.89. The van der Waals surface area contributed by atoms with Crippen molar-refractivity contribution in [2.45, 2.75) is 0 Å². The van der Waals surface area contributed by atoms with Crippen molar-refractivity contribution in [3.63, 3.8) is 0 Å². The van der Waals surface area contributed by atoms with E-state index in [9.17, 15) is 0 Å². The predicted molar refractivity (Wildman–Crippen MR) is 267 cm³/mol. The molecule has 0 spiro atoms. The minimum atomic E-state index is 0.578. The molecule has 14 rings (SSSR count). The van der Waals surface area contributed by atoms with Gasteiger partial charge in [-0.3, -0.25) is 4.57 Å². The summed E-state index contributed by atoms with van der Waals surface area (Å²) in [5, 5.41) is 16.2. The van der Waals surface area contributed by atoms with Crippen molar-refractivity contribution in [2.75, 3.05) is 0 Å². The van der Waals surface area contributed by atoms with Crippen LogP contribution < -0.4 is 0 Å². The van der Waals surface area contributed by atoms with Gasteiger partial charge in [0.05, 0.1) is 16.9 Å². The number of fused-ring (bicyclic) bond motifs is 18. The highest BCUT2D eigenvalue weighted by atomic mass is 16.3. The molecule has 0 aliphatic rings. The van der Waals surface area contributed by atoms with E-state index in [4.69, 9.17) is 14.4 Å². The zero-order valence-corrected chi connectivity index (χ0v) is 34.5. The Morgan fingerprint density at radius 2 is 0.859 bits per heavy atom. The zero-order valence-electron chi connectivity index (χ0n) is 34.5. The molecule has 0 unspecified atom stereocenters. The summed E-state index contributed by atoms with van der Waals surface area (Å²) >= 11 is 0. The third-order valence-corrected chi connectivity index (χ3v) is 13.4. The zero-order chi connectivity index (χ0) is 41.9. The SMILES string of the molecule is c1ccc(-c2ccc(-c3cc(-c4cccc5ccccc45)nc(-n4c5c(ccc6c7ccccc7oc65)c5c6ccccc6c6c7ccccc7c7ccccc7c6c54)n3)cc2)cc1. The van der Waals surface area contributed by atoms with Gasteiger partial charge in [-0.15, -0.1) is 0 Å². The van der Waals surface area contributed by atoms with Gasteiger partial charge in [-0.05, 0) is 72.4 Å². The van der Waals surface area contributed by atoms with Gasteiger partial charge in [0, 0.05) is 43.4 Å². The van der Waals surface area contributed by atoms with Gasteiger partial charge in [0.1, 0.15) is 11.1 Å². The quantitative estimate of drug-likeness (QED) is 0.166. The third kappa shape index (κ3) is 4.99. The first-order chi connectivity index (χ1) is 31.8. The van der Waals surface area contributed by atoms with Gasteiger partial charge >= 0.3 is 0 Å². The summed E-state index contributed by atoms with van der Waals surface area (Å²) in [6.07, 6.45) is 0. The van der Waals surface area contributed by atoms with Crippen molar-refractivity contribution in [3.8, 4) is 39.6 Å². The smallest absolute Gasteiger partial charge is 0.235 e. The molecule has 0 N–H and O–H groups in total. The van der Waals surface area contributed by atoms with Crippen LogP contribution in [-0.2, 0) is 0 Å². The van der Waals surface area contributed by atoms with Crippen molar-refractivity contribution >= 4 is 97.6 Å². The average Bonchev–Trinajstić information content (AvgIpc) is 3.93. The average molecular weight is 814 g/mol. The van der Waals surface area contributed by atoms with E-state index in [1.165, 1.54) is 43.3 Å². The summed E-state index contributed by atoms with van der Waals surface area (Å²) in [4.78, 5) is 11.3. The number of benzene rings is 11. The van der Waals surface area contributed by atoms with Gasteiger partial charge in [-0.1, -0.05) is 194 Å². The molecule has 11 aromatic carbocycles. The highest BCUT2D eigenvalue weighted by molar-refractivity contribution is 6.43. The largest absolute Gasteiger partial charge is 0.454 e. The van der Waals surface area contributed by atoms with Crippen molar-refractivity contribution in [1.29, 1.82) is 0 Å². The molecule has 296 valence electrons. The Morgan fingerprint density at radius 3 is 1.61 bits per heavy atom. The Bertz CT molecular complexity index is 4230. The van der Waals surface area contributed by atoms with Crippen LogP contribution in [0.5, 0.6) is 0 Å². The molecule has 0 saturated carbocycles. The number of hydrogen-bond acceptors (Lipinski definition) is 3. The second kappa shape index (κ2) is 13.4. The molecule has 4 heteroatoms. The van der Waals surface area contributed by atoms with Crippen LogP contribution in [0.3, 0.4) is 0 Å². The van der Waals surface area contributed by atoms with Crippen molar-refractivity contribution in [1.82, 2.24) is 14.5 Å². The van der Waals surface area contributed by atoms with Crippen molar-refractivity contribution in [3.05, 3.63) is 212 Å². The van der Waals surface area contributed by atoms with Gasteiger partial charge in [0.15, 0.2) is 5.58 Å². The standard InChI is InChI=1S/C60H35N3O/c1-2-15-36(16-3-1)37-29-31-39(32-30-37)51-35-52(43-27-14-18-38-17-4-5-19-40(38)43)62-60(61-51)63-57-50(34-33-49-44-22-12-13-28-53(44)64-59(49)57)55-48-26-11-10-25-47(48)54-45-23-8-6-20-41(45)42-21-7-9-24-46(42)56(54)58(55)63/h1-35H. The molecule has 0 amide bonds. The minimum Gasteiger partial charge on any atom is -0.454 e. The van der Waals surface area contributed by atoms with Gasteiger partial charge in [0.25, 0.3) is 0 Å². The topological polar surface area (TPSA) is 43.9 Å². The van der Waals surface area contributed by atoms with E-state index in [-0.39, 0.29) is 0 Å². The predicted octanol–water partition coefficient (Wildman–Crippen LogP) is 16.2. The van der Waals surface area contributed by atoms with E-state index in [0.29, 0.717) is 5.95 Å². The van der Waals surface area contributed by atoms with Gasteiger partial charge in [0.2, 0.25) is 5.95 Å². The van der Waals surface area contributed by atoms with Crippen molar-refractivity contribution < 1.29 is 4.42 Å². The molecule has 0 bridgehead atoms. The molecule has 0 atom stereocenters. The highest BCUT2D eigenvalue weighted by Crippen LogP contribution is 2.49. The molecule has 14 aromatic rings. The summed E-state index contributed by atoms with van der Waals surface area (Å²) in [5.74, 6) is 0.578. The first-order valence-electron chi connectivity index (χ1n) is 21.8. The molecule has 0 fully saturated rings. The summed E-state index contributed by atoms with van der Waals surface area (Å²) in [6, 6.07) is 76.0. The minimum absolute atomic E-state index is 0.578. The van der Waals surface area contributed by atoms with E-state index in [2.05, 4.69) is 211 Å². The summed E-state index contributed by atoms with van der Waals surface area (Å²) < 4.78 is 9.34. The van der Waals surface area contributed by atoms with Crippen LogP contribution >= 0.6 is 0 Å². The van der Waals surface area contributed by atoms with Crippen LogP contribution in [0.1, 0.15) is 0 Å². The van der Waals surface area contributed by atoms with Crippen LogP contribution in [-0.4, -0.2) is 14.5 Å². The monoisotopic (exact) mass is 813 g/mol. The molecule has 0 aliphatic heterocycles. The fourth-order valence-electron chi connectivity index (χ4n) is 10.6. The lowest BCUT2D eigenvalue weighted by Gasteiger charge is -2.17. The number of hydrogen-bond donors (Lipinski definition) is 0. The maximum Gasteiger partial charge on any atom is 0.235 e. The third-order valence-electron chi connectivity index (χ3n) is 13.4. The van der Waals surface area contributed by atoms with Crippen LogP contribution in [0, 0.1) is 0 Å². The summed E-state index contributed by atoms with van der Waals surface area (Å²) in [6.45, 7) is 0. The van der Waals surface area contributed by atoms with E-state index in [0.717, 1.165) is 88.0 Å². The molecule has 3 aromatic heterocycles. The first kappa shape index (κ1) is 35.0. The summed E-state index contributed by atoms with van der Waals surface area (Å²) in [7, 11) is 0. The van der Waals surface area contributed by atoms with Crippen LogP contribution in [0.15, 0.2) is 217 Å². The van der Waals surface area contributed by atoms with Crippen LogP contribution in [0.25, 0.3) is 137 Å². The Kier molecular flexibility index (Phi) is 7.36. The lowest BCUT2D eigenvalue weighted by Crippen LogP contribution is -2.05. The Morgan fingerprint density at radius 1 is 0.328 bits per heavy atom. The lowest BCUT2D eigenvalue weighted by molar-refractivity contribution is 0.671. The van der Waals surface area contributed by atoms with Gasteiger partial charge in [-0.2, -0.15) is 0 Å². The number of para-hydroxylation sites is 1. The normalized spacial score (nSPS) is 12.1. The number of nitrogens with zero attached hydrogens (tertiary/aromatic N) is 3. The fraction of sp³-hybridized carbons (Fsp3) is 0. The maximum absolute atomic E-state index is 7.01. The van der Waals surface area contributed by atoms with E-state index in [1.807, 2.05) is 6.07 Å². The van der Waals surface area contributed by atoms with Gasteiger partial charge in [-0.25, -0.2) is 9.97 Å². The van der Waals surface area contributed by atoms with Crippen LogP contribution in [0.4, 0.5) is 0 Å². The molecular weight excluding hydrogens is 779 g/mol. The second-order valence-electron chi connectivity index (χ2n) is 16.8. The number of furan rings is 1. The van der Waals surface area contributed by atoms with E-state index in [1.54, 1.807) is 0 Å². The maximum atomic E-state index is 7.01. The molecule has 4 nitrogen and oxygen atoms in total. The Labute approximate surface area is 366 Å². The highest BCUT2D eigenvalue weighted by Gasteiger charge is 2.27. The van der Waals surface area contributed by atoms with Crippen LogP contribution in [0.2, 0.25) is 0 Å².